The Morgan fingerprint density at radius 1 is 1.14 bits per heavy atom. The number of hydrogen-bond acceptors (Lipinski definition) is 3. The van der Waals surface area contributed by atoms with Crippen molar-refractivity contribution in [2.24, 2.45) is 22.7 Å². The van der Waals surface area contributed by atoms with Crippen LogP contribution >= 0.6 is 0 Å². The Labute approximate surface area is 133 Å². The van der Waals surface area contributed by atoms with Crippen molar-refractivity contribution in [1.29, 1.82) is 0 Å². The van der Waals surface area contributed by atoms with E-state index in [9.17, 15) is 10.2 Å². The van der Waals surface area contributed by atoms with E-state index >= 15 is 0 Å². The van der Waals surface area contributed by atoms with E-state index < -0.39 is 11.7 Å². The number of fused-ring (bicyclic) bond motifs is 5. The molecule has 4 aliphatic rings. The van der Waals surface area contributed by atoms with E-state index in [1.165, 1.54) is 24.8 Å². The summed E-state index contributed by atoms with van der Waals surface area (Å²) in [6.45, 7) is 7.48. The van der Waals surface area contributed by atoms with Gasteiger partial charge in [0.25, 0.3) is 0 Å². The molecule has 22 heavy (non-hydrogen) atoms. The Kier molecular flexibility index (Phi) is 3.16. The zero-order chi connectivity index (χ0) is 15.8. The molecule has 0 aromatic rings. The molecule has 0 radical (unpaired) electrons. The molecule has 3 aliphatic carbocycles. The number of ether oxygens (including phenoxy) is 1. The molecule has 3 heteroatoms. The van der Waals surface area contributed by atoms with Crippen LogP contribution in [0.3, 0.4) is 0 Å². The maximum atomic E-state index is 10.9. The van der Waals surface area contributed by atoms with Crippen molar-refractivity contribution in [2.75, 3.05) is 6.61 Å². The van der Waals surface area contributed by atoms with Gasteiger partial charge in [-0.05, 0) is 73.7 Å². The highest BCUT2D eigenvalue weighted by Crippen LogP contribution is 2.63. The summed E-state index contributed by atoms with van der Waals surface area (Å²) in [5.41, 5.74) is 0.964. The molecule has 0 aromatic heterocycles. The van der Waals surface area contributed by atoms with Crippen LogP contribution in [0.25, 0.3) is 0 Å². The lowest BCUT2D eigenvalue weighted by molar-refractivity contribution is -0.184. The van der Waals surface area contributed by atoms with Gasteiger partial charge in [-0.1, -0.05) is 19.9 Å². The third kappa shape index (κ3) is 1.79. The molecule has 4 rings (SSSR count). The quantitative estimate of drug-likeness (QED) is 0.676. The molecule has 1 heterocycles. The average molecular weight is 306 g/mol. The summed E-state index contributed by atoms with van der Waals surface area (Å²) in [5.74, 6) is 0.671. The van der Waals surface area contributed by atoms with Crippen LogP contribution in [0, 0.1) is 22.7 Å². The van der Waals surface area contributed by atoms with E-state index in [1.54, 1.807) is 0 Å². The van der Waals surface area contributed by atoms with Crippen LogP contribution in [-0.2, 0) is 4.74 Å². The molecule has 0 aromatic carbocycles. The van der Waals surface area contributed by atoms with E-state index in [-0.39, 0.29) is 11.3 Å². The second-order valence-corrected chi connectivity index (χ2v) is 9.02. The molecule has 2 N–H and O–H groups in total. The monoisotopic (exact) mass is 306 g/mol. The number of aliphatic hydroxyl groups is 2. The second-order valence-electron chi connectivity index (χ2n) is 9.02. The minimum atomic E-state index is -0.966. The fraction of sp³-hybridized carbons (Fsp3) is 0.895. The zero-order valence-electron chi connectivity index (χ0n) is 14.1. The summed E-state index contributed by atoms with van der Waals surface area (Å²) in [5, 5.41) is 21.2. The van der Waals surface area contributed by atoms with Crippen molar-refractivity contribution in [2.45, 2.75) is 77.1 Å². The molecule has 3 fully saturated rings. The van der Waals surface area contributed by atoms with Gasteiger partial charge in [0.15, 0.2) is 0 Å². The lowest BCUT2D eigenvalue weighted by Crippen LogP contribution is -2.61. The van der Waals surface area contributed by atoms with Crippen molar-refractivity contribution in [3.63, 3.8) is 0 Å². The molecule has 1 aliphatic heterocycles. The first kappa shape index (κ1) is 15.2. The molecule has 3 nitrogen and oxygen atoms in total. The highest BCUT2D eigenvalue weighted by Gasteiger charge is 2.60. The molecular weight excluding hydrogens is 276 g/mol. The van der Waals surface area contributed by atoms with Crippen LogP contribution in [0.15, 0.2) is 11.6 Å². The van der Waals surface area contributed by atoms with E-state index in [0.717, 1.165) is 19.4 Å². The van der Waals surface area contributed by atoms with Crippen LogP contribution in [0.4, 0.5) is 0 Å². The molecule has 0 unspecified atom stereocenters. The van der Waals surface area contributed by atoms with Crippen LogP contribution < -0.4 is 0 Å². The van der Waals surface area contributed by atoms with Gasteiger partial charge in [0.05, 0.1) is 17.8 Å². The van der Waals surface area contributed by atoms with Crippen molar-refractivity contribution in [3.05, 3.63) is 11.6 Å². The molecule has 0 amide bonds. The molecule has 7 atom stereocenters. The molecular formula is C19H30O3. The van der Waals surface area contributed by atoms with Gasteiger partial charge >= 0.3 is 0 Å². The first-order chi connectivity index (χ1) is 10.3. The first-order valence-corrected chi connectivity index (χ1v) is 9.01. The lowest BCUT2D eigenvalue weighted by Gasteiger charge is -2.60. The molecule has 0 spiro atoms. The standard InChI is InChI=1S/C19H30O3/c1-17-8-6-13-12(16(17)22-11-10-17)4-5-14-18(13,2)9-7-15(20)19(14,3)21/h4,13-16,20-21H,5-11H2,1-3H3/t13-,14+,15-,16-,17+,18+,19-/m0/s1. The van der Waals surface area contributed by atoms with Crippen molar-refractivity contribution in [1.82, 2.24) is 0 Å². The van der Waals surface area contributed by atoms with E-state index in [1.807, 2.05) is 6.92 Å². The van der Waals surface area contributed by atoms with Gasteiger partial charge in [0.2, 0.25) is 0 Å². The summed E-state index contributed by atoms with van der Waals surface area (Å²) in [6, 6.07) is 0. The summed E-state index contributed by atoms with van der Waals surface area (Å²) < 4.78 is 6.15. The van der Waals surface area contributed by atoms with Crippen LogP contribution in [0.1, 0.15) is 59.3 Å². The minimum absolute atomic E-state index is 0.0973. The molecule has 124 valence electrons. The van der Waals surface area contributed by atoms with E-state index in [4.69, 9.17) is 4.74 Å². The Balaban J connectivity index is 1.74. The SMILES string of the molecule is C[C@@]12CCO[C@H]1C1=CC[C@H]3[C@](C)(O)[C@@H](O)CC[C@]3(C)[C@H]1CC2. The summed E-state index contributed by atoms with van der Waals surface area (Å²) in [6.07, 6.45) is 8.29. The van der Waals surface area contributed by atoms with Crippen molar-refractivity contribution >= 4 is 0 Å². The van der Waals surface area contributed by atoms with Crippen molar-refractivity contribution < 1.29 is 14.9 Å². The predicted octanol–water partition coefficient (Wildman–Crippen LogP) is 3.05. The number of allylic oxidation sites excluding steroid dienone is 1. The topological polar surface area (TPSA) is 49.7 Å². The number of rotatable bonds is 0. The summed E-state index contributed by atoms with van der Waals surface area (Å²) in [4.78, 5) is 0. The van der Waals surface area contributed by atoms with Crippen LogP contribution in [-0.4, -0.2) is 34.6 Å². The Bertz CT molecular complexity index is 511. The van der Waals surface area contributed by atoms with Gasteiger partial charge in [-0.15, -0.1) is 0 Å². The minimum Gasteiger partial charge on any atom is -0.390 e. The Morgan fingerprint density at radius 2 is 1.91 bits per heavy atom. The van der Waals surface area contributed by atoms with Gasteiger partial charge in [0, 0.05) is 6.61 Å². The largest absolute Gasteiger partial charge is 0.390 e. The van der Waals surface area contributed by atoms with Gasteiger partial charge in [-0.2, -0.15) is 0 Å². The summed E-state index contributed by atoms with van der Waals surface area (Å²) >= 11 is 0. The molecule has 1 saturated heterocycles. The normalized spacial score (nSPS) is 57.6. The number of hydrogen-bond donors (Lipinski definition) is 2. The molecule has 0 bridgehead atoms. The zero-order valence-corrected chi connectivity index (χ0v) is 14.1. The maximum Gasteiger partial charge on any atom is 0.0913 e. The van der Waals surface area contributed by atoms with E-state index in [2.05, 4.69) is 19.9 Å². The summed E-state index contributed by atoms with van der Waals surface area (Å²) in [7, 11) is 0. The number of aliphatic hydroxyl groups excluding tert-OH is 1. The third-order valence-electron chi connectivity index (χ3n) is 7.82. The van der Waals surface area contributed by atoms with Gasteiger partial charge in [-0.25, -0.2) is 0 Å². The third-order valence-corrected chi connectivity index (χ3v) is 7.82. The van der Waals surface area contributed by atoms with E-state index in [0.29, 0.717) is 23.9 Å². The van der Waals surface area contributed by atoms with Crippen molar-refractivity contribution in [3.8, 4) is 0 Å². The fourth-order valence-corrected chi connectivity index (χ4v) is 6.27. The highest BCUT2D eigenvalue weighted by molar-refractivity contribution is 5.29. The Morgan fingerprint density at radius 3 is 2.68 bits per heavy atom. The predicted molar refractivity (Wildman–Crippen MR) is 85.3 cm³/mol. The Hall–Kier alpha value is -0.380. The fourth-order valence-electron chi connectivity index (χ4n) is 6.27. The first-order valence-electron chi connectivity index (χ1n) is 9.01. The lowest BCUT2D eigenvalue weighted by atomic mass is 9.47. The van der Waals surface area contributed by atoms with Gasteiger partial charge in [-0.3, -0.25) is 0 Å². The van der Waals surface area contributed by atoms with Gasteiger partial charge < -0.3 is 14.9 Å². The van der Waals surface area contributed by atoms with Crippen LogP contribution in [0.2, 0.25) is 0 Å². The smallest absolute Gasteiger partial charge is 0.0913 e. The van der Waals surface area contributed by atoms with Gasteiger partial charge in [0.1, 0.15) is 0 Å². The molecule has 2 saturated carbocycles. The van der Waals surface area contributed by atoms with Crippen LogP contribution in [0.5, 0.6) is 0 Å². The maximum absolute atomic E-state index is 10.9. The average Bonchev–Trinajstić information content (AvgIpc) is 2.85. The highest BCUT2D eigenvalue weighted by atomic mass is 16.5. The second kappa shape index (κ2) is 4.58.